The number of hydrogen-bond donors (Lipinski definition) is 1. The maximum Gasteiger partial charge on any atom is 0.310 e. The first-order chi connectivity index (χ1) is 6.97. The van der Waals surface area contributed by atoms with Crippen molar-refractivity contribution in [2.45, 2.75) is 13.0 Å². The Hall–Kier alpha value is -1.15. The molecule has 0 bridgehead atoms. The van der Waals surface area contributed by atoms with E-state index in [1.165, 1.54) is 0 Å². The third-order valence-corrected chi connectivity index (χ3v) is 2.17. The normalized spacial score (nSPS) is 10.7. The van der Waals surface area contributed by atoms with Crippen LogP contribution >= 0.6 is 15.9 Å². The van der Waals surface area contributed by atoms with Gasteiger partial charge in [0.2, 0.25) is 0 Å². The Kier molecular flexibility index (Phi) is 3.64. The van der Waals surface area contributed by atoms with Gasteiger partial charge in [-0.15, -0.1) is 0 Å². The Morgan fingerprint density at radius 2 is 2.27 bits per heavy atom. The zero-order chi connectivity index (χ0) is 11.6. The van der Waals surface area contributed by atoms with E-state index < -0.39 is 29.2 Å². The predicted octanol–water partition coefficient (Wildman–Crippen LogP) is 2.18. The fourth-order valence-corrected chi connectivity index (χ4v) is 1.61. The molecule has 1 heterocycles. The minimum Gasteiger partial charge on any atom is -0.390 e. The van der Waals surface area contributed by atoms with Crippen LogP contribution in [0.15, 0.2) is 10.7 Å². The minimum atomic E-state index is -2.99. The molecule has 1 N–H and O–H groups in total. The van der Waals surface area contributed by atoms with Crippen LogP contribution in [-0.4, -0.2) is 15.0 Å². The largest absolute Gasteiger partial charge is 0.390 e. The Labute approximate surface area is 91.0 Å². The molecule has 1 aromatic rings. The number of pyridine rings is 1. The lowest BCUT2D eigenvalue weighted by Gasteiger charge is -2.05. The smallest absolute Gasteiger partial charge is 0.310 e. The Balaban J connectivity index is 3.42. The molecular formula is C7H5BrF2N2O3. The highest BCUT2D eigenvalue weighted by molar-refractivity contribution is 9.10. The molecule has 0 spiro atoms. The van der Waals surface area contributed by atoms with E-state index in [1.807, 2.05) is 0 Å². The van der Waals surface area contributed by atoms with E-state index in [2.05, 4.69) is 20.9 Å². The third-order valence-electron chi connectivity index (χ3n) is 1.61. The average molecular weight is 283 g/mol. The number of aliphatic hydroxyl groups excluding tert-OH is 1. The van der Waals surface area contributed by atoms with Gasteiger partial charge in [-0.25, -0.2) is 13.8 Å². The Bertz CT molecular complexity index is 400. The fraction of sp³-hybridized carbons (Fsp3) is 0.286. The van der Waals surface area contributed by atoms with E-state index in [9.17, 15) is 18.9 Å². The summed E-state index contributed by atoms with van der Waals surface area (Å²) in [5, 5.41) is 19.2. The lowest BCUT2D eigenvalue weighted by atomic mass is 10.2. The van der Waals surface area contributed by atoms with Gasteiger partial charge in [0.15, 0.2) is 4.60 Å². The van der Waals surface area contributed by atoms with Crippen molar-refractivity contribution in [3.05, 3.63) is 32.0 Å². The summed E-state index contributed by atoms with van der Waals surface area (Å²) in [5.74, 6) is 0. The summed E-state index contributed by atoms with van der Waals surface area (Å²) >= 11 is 2.71. The van der Waals surface area contributed by atoms with Crippen molar-refractivity contribution in [2.24, 2.45) is 0 Å². The number of halogens is 3. The number of nitrogens with zero attached hydrogens (tertiary/aromatic N) is 2. The predicted molar refractivity (Wildman–Crippen MR) is 49.5 cm³/mol. The summed E-state index contributed by atoms with van der Waals surface area (Å²) in [6, 6.07) is 0.813. The maximum absolute atomic E-state index is 12.4. The lowest BCUT2D eigenvalue weighted by molar-refractivity contribution is -0.387. The highest BCUT2D eigenvalue weighted by Crippen LogP contribution is 2.34. The van der Waals surface area contributed by atoms with E-state index in [0.717, 1.165) is 6.07 Å². The second kappa shape index (κ2) is 4.58. The van der Waals surface area contributed by atoms with Gasteiger partial charge in [-0.2, -0.15) is 0 Å². The number of alkyl halides is 2. The monoisotopic (exact) mass is 282 g/mol. The lowest BCUT2D eigenvalue weighted by Crippen LogP contribution is -2.02. The van der Waals surface area contributed by atoms with Crippen LogP contribution in [0.25, 0.3) is 0 Å². The quantitative estimate of drug-likeness (QED) is 0.524. The fourth-order valence-electron chi connectivity index (χ4n) is 1.01. The molecule has 15 heavy (non-hydrogen) atoms. The van der Waals surface area contributed by atoms with Crippen molar-refractivity contribution >= 4 is 21.6 Å². The zero-order valence-corrected chi connectivity index (χ0v) is 8.74. The van der Waals surface area contributed by atoms with Gasteiger partial charge in [-0.05, 0) is 22.0 Å². The topological polar surface area (TPSA) is 76.3 Å². The molecule has 0 amide bonds. The van der Waals surface area contributed by atoms with Crippen molar-refractivity contribution in [3.63, 3.8) is 0 Å². The summed E-state index contributed by atoms with van der Waals surface area (Å²) in [6.07, 6.45) is -2.99. The third kappa shape index (κ3) is 2.45. The van der Waals surface area contributed by atoms with Crippen molar-refractivity contribution in [1.29, 1.82) is 0 Å². The van der Waals surface area contributed by atoms with Gasteiger partial charge in [0.25, 0.3) is 6.43 Å². The molecule has 0 atom stereocenters. The maximum atomic E-state index is 12.4. The first kappa shape index (κ1) is 11.9. The van der Waals surface area contributed by atoms with Crippen molar-refractivity contribution in [1.82, 2.24) is 4.98 Å². The Morgan fingerprint density at radius 1 is 1.67 bits per heavy atom. The van der Waals surface area contributed by atoms with Gasteiger partial charge < -0.3 is 5.11 Å². The van der Waals surface area contributed by atoms with Gasteiger partial charge in [-0.1, -0.05) is 0 Å². The van der Waals surface area contributed by atoms with Crippen LogP contribution in [0.2, 0.25) is 0 Å². The van der Waals surface area contributed by atoms with E-state index in [1.54, 1.807) is 0 Å². The number of aliphatic hydroxyl groups is 1. The molecule has 1 aromatic heterocycles. The average Bonchev–Trinajstić information content (AvgIpc) is 2.15. The standard InChI is InChI=1S/C7H5BrF2N2O3/c8-6-5(12(14)15)4(7(9)10)1-3(2-13)11-6/h1,7,13H,2H2. The molecule has 0 saturated heterocycles. The molecule has 0 unspecified atom stereocenters. The summed E-state index contributed by atoms with van der Waals surface area (Å²) in [6.45, 7) is -0.559. The van der Waals surface area contributed by atoms with Gasteiger partial charge in [0, 0.05) is 0 Å². The number of aromatic nitrogens is 1. The summed E-state index contributed by atoms with van der Waals surface area (Å²) in [4.78, 5) is 13.1. The molecule has 0 saturated carbocycles. The van der Waals surface area contributed by atoms with Crippen molar-refractivity contribution in [2.75, 3.05) is 0 Å². The molecule has 0 radical (unpaired) electrons. The summed E-state index contributed by atoms with van der Waals surface area (Å²) in [5.41, 5.74) is -1.59. The van der Waals surface area contributed by atoms with Gasteiger partial charge in [0.1, 0.15) is 5.56 Å². The van der Waals surface area contributed by atoms with E-state index in [0.29, 0.717) is 0 Å². The molecule has 5 nitrogen and oxygen atoms in total. The molecule has 0 aliphatic rings. The van der Waals surface area contributed by atoms with Crippen LogP contribution in [0.4, 0.5) is 14.5 Å². The van der Waals surface area contributed by atoms with Crippen LogP contribution in [0, 0.1) is 10.1 Å². The van der Waals surface area contributed by atoms with Crippen LogP contribution < -0.4 is 0 Å². The van der Waals surface area contributed by atoms with Crippen molar-refractivity contribution in [3.8, 4) is 0 Å². The minimum absolute atomic E-state index is 0.0530. The van der Waals surface area contributed by atoms with Gasteiger partial charge in [0.05, 0.1) is 17.2 Å². The first-order valence-corrected chi connectivity index (χ1v) is 4.49. The summed E-state index contributed by atoms with van der Waals surface area (Å²) < 4.78 is 24.6. The first-order valence-electron chi connectivity index (χ1n) is 3.70. The Morgan fingerprint density at radius 3 is 2.67 bits per heavy atom. The van der Waals surface area contributed by atoms with Gasteiger partial charge in [-0.3, -0.25) is 10.1 Å². The number of rotatable bonds is 3. The van der Waals surface area contributed by atoms with E-state index in [4.69, 9.17) is 5.11 Å². The molecule has 8 heteroatoms. The van der Waals surface area contributed by atoms with Crippen LogP contribution in [0.1, 0.15) is 17.7 Å². The van der Waals surface area contributed by atoms with Crippen molar-refractivity contribution < 1.29 is 18.8 Å². The van der Waals surface area contributed by atoms with E-state index >= 15 is 0 Å². The second-order valence-electron chi connectivity index (χ2n) is 2.56. The second-order valence-corrected chi connectivity index (χ2v) is 3.31. The molecule has 0 aromatic carbocycles. The molecular weight excluding hydrogens is 278 g/mol. The number of hydrogen-bond acceptors (Lipinski definition) is 4. The van der Waals surface area contributed by atoms with E-state index in [-0.39, 0.29) is 10.3 Å². The molecule has 1 rings (SSSR count). The zero-order valence-electron chi connectivity index (χ0n) is 7.15. The number of nitro groups is 1. The SMILES string of the molecule is O=[N+]([O-])c1c(C(F)F)cc(CO)nc1Br. The molecule has 82 valence electrons. The summed E-state index contributed by atoms with van der Waals surface area (Å²) in [7, 11) is 0. The highest BCUT2D eigenvalue weighted by atomic mass is 79.9. The molecule has 0 fully saturated rings. The molecule has 0 aliphatic carbocycles. The highest BCUT2D eigenvalue weighted by Gasteiger charge is 2.26. The van der Waals surface area contributed by atoms with Crippen LogP contribution in [0.5, 0.6) is 0 Å². The van der Waals surface area contributed by atoms with Crippen LogP contribution in [-0.2, 0) is 6.61 Å². The van der Waals surface area contributed by atoms with Gasteiger partial charge >= 0.3 is 5.69 Å². The molecule has 0 aliphatic heterocycles. The van der Waals surface area contributed by atoms with Crippen LogP contribution in [0.3, 0.4) is 0 Å².